The molecule has 1 aromatic carbocycles. The lowest BCUT2D eigenvalue weighted by molar-refractivity contribution is 0.0697. The Hall–Kier alpha value is -3.62. The van der Waals surface area contributed by atoms with Crippen LogP contribution in [0.3, 0.4) is 0 Å². The highest BCUT2D eigenvalue weighted by molar-refractivity contribution is 7.80. The summed E-state index contributed by atoms with van der Waals surface area (Å²) in [4.78, 5) is 17.9. The molecule has 2 N–H and O–H groups in total. The van der Waals surface area contributed by atoms with Crippen LogP contribution in [-0.2, 0) is 6.54 Å². The molecule has 0 amide bonds. The second kappa shape index (κ2) is 8.73. The molecule has 166 valence electrons. The van der Waals surface area contributed by atoms with Gasteiger partial charge < -0.3 is 24.2 Å². The monoisotopic (exact) mass is 479 g/mol. The van der Waals surface area contributed by atoms with Gasteiger partial charge in [-0.15, -0.1) is 0 Å². The van der Waals surface area contributed by atoms with E-state index in [9.17, 15) is 9.90 Å². The highest BCUT2D eigenvalue weighted by Gasteiger charge is 2.42. The van der Waals surface area contributed by atoms with Gasteiger partial charge in [-0.2, -0.15) is 0 Å². The molecule has 0 aliphatic carbocycles. The molecule has 5 rings (SSSR count). The number of aromatic nitrogens is 1. The largest absolute Gasteiger partial charge is 0.478 e. The van der Waals surface area contributed by atoms with Crippen molar-refractivity contribution in [3.05, 3.63) is 101 Å². The van der Waals surface area contributed by atoms with Gasteiger partial charge in [0.2, 0.25) is 0 Å². The summed E-state index contributed by atoms with van der Waals surface area (Å²) in [5.41, 5.74) is 1.45. The lowest BCUT2D eigenvalue weighted by atomic mass is 10.0. The molecule has 4 heterocycles. The van der Waals surface area contributed by atoms with Crippen LogP contribution in [0.15, 0.2) is 82.0 Å². The lowest BCUT2D eigenvalue weighted by Crippen LogP contribution is -2.28. The summed E-state index contributed by atoms with van der Waals surface area (Å²) < 4.78 is 11.8. The quantitative estimate of drug-likeness (QED) is 0.352. The van der Waals surface area contributed by atoms with Crippen LogP contribution < -0.4 is 5.32 Å². The zero-order valence-corrected chi connectivity index (χ0v) is 18.7. The average Bonchev–Trinajstić information content (AvgIpc) is 3.56. The van der Waals surface area contributed by atoms with Gasteiger partial charge in [0.1, 0.15) is 23.3 Å². The Balaban J connectivity index is 1.56. The molecule has 9 heteroatoms. The van der Waals surface area contributed by atoms with Crippen LogP contribution >= 0.6 is 23.8 Å². The van der Waals surface area contributed by atoms with Crippen molar-refractivity contribution in [2.75, 3.05) is 0 Å². The summed E-state index contributed by atoms with van der Waals surface area (Å²) in [5.74, 6) is 0.824. The molecule has 0 radical (unpaired) electrons. The first kappa shape index (κ1) is 21.2. The molecule has 7 nitrogen and oxygen atoms in total. The van der Waals surface area contributed by atoms with Gasteiger partial charge in [-0.1, -0.05) is 17.7 Å². The van der Waals surface area contributed by atoms with Gasteiger partial charge in [0.15, 0.2) is 5.11 Å². The molecule has 1 saturated heterocycles. The summed E-state index contributed by atoms with van der Waals surface area (Å²) in [6.45, 7) is 0.443. The maximum Gasteiger partial charge on any atom is 0.335 e. The van der Waals surface area contributed by atoms with E-state index in [1.54, 1.807) is 24.6 Å². The Morgan fingerprint density at radius 2 is 2.06 bits per heavy atom. The highest BCUT2D eigenvalue weighted by atomic mass is 35.5. The average molecular weight is 480 g/mol. The van der Waals surface area contributed by atoms with Crippen molar-refractivity contribution in [2.24, 2.45) is 0 Å². The summed E-state index contributed by atoms with van der Waals surface area (Å²) in [5, 5.41) is 13.7. The van der Waals surface area contributed by atoms with Crippen LogP contribution in [0.5, 0.6) is 0 Å². The molecule has 3 aromatic heterocycles. The molecule has 0 spiro atoms. The second-order valence-electron chi connectivity index (χ2n) is 7.54. The van der Waals surface area contributed by atoms with Crippen molar-refractivity contribution in [3.8, 4) is 11.3 Å². The number of benzene rings is 1. The number of nitrogens with zero attached hydrogens (tertiary/aromatic N) is 2. The Morgan fingerprint density at radius 3 is 2.79 bits per heavy atom. The number of carbonyl (C=O) groups is 1. The minimum Gasteiger partial charge on any atom is -0.478 e. The van der Waals surface area contributed by atoms with Crippen LogP contribution in [0.2, 0.25) is 5.02 Å². The first-order chi connectivity index (χ1) is 16.0. The van der Waals surface area contributed by atoms with E-state index in [4.69, 9.17) is 32.7 Å². The first-order valence-electron chi connectivity index (χ1n) is 10.1. The fourth-order valence-electron chi connectivity index (χ4n) is 3.96. The third kappa shape index (κ3) is 4.10. The standard InChI is InChI=1S/C24H18ClN3O4S/c25-17-7-6-14(23(29)30)12-16(17)19-8-9-20(32-19)22-21(18-5-1-2-10-26-18)27-24(33)28(22)13-15-4-3-11-31-15/h1-12,21-22H,13H2,(H,27,33)(H,29,30). The number of aromatic carboxylic acids is 1. The Kier molecular flexibility index (Phi) is 5.62. The number of rotatable bonds is 6. The van der Waals surface area contributed by atoms with Crippen LogP contribution in [0.1, 0.15) is 39.7 Å². The number of hydrogen-bond acceptors (Lipinski definition) is 5. The predicted octanol–water partition coefficient (Wildman–Crippen LogP) is 5.46. The minimum absolute atomic E-state index is 0.127. The lowest BCUT2D eigenvalue weighted by Gasteiger charge is -2.25. The molecule has 33 heavy (non-hydrogen) atoms. The van der Waals surface area contributed by atoms with Crippen molar-refractivity contribution >= 4 is 34.9 Å². The van der Waals surface area contributed by atoms with E-state index >= 15 is 0 Å². The molecule has 1 aliphatic heterocycles. The summed E-state index contributed by atoms with van der Waals surface area (Å²) in [7, 11) is 0. The van der Waals surface area contributed by atoms with Crippen molar-refractivity contribution in [3.63, 3.8) is 0 Å². The van der Waals surface area contributed by atoms with Gasteiger partial charge in [-0.05, 0) is 66.8 Å². The number of halogens is 1. The van der Waals surface area contributed by atoms with Crippen LogP contribution in [0.4, 0.5) is 0 Å². The van der Waals surface area contributed by atoms with Gasteiger partial charge >= 0.3 is 5.97 Å². The predicted molar refractivity (Wildman–Crippen MR) is 126 cm³/mol. The van der Waals surface area contributed by atoms with Crippen molar-refractivity contribution < 1.29 is 18.7 Å². The van der Waals surface area contributed by atoms with E-state index in [0.29, 0.717) is 33.8 Å². The van der Waals surface area contributed by atoms with Crippen molar-refractivity contribution in [1.82, 2.24) is 15.2 Å². The summed E-state index contributed by atoms with van der Waals surface area (Å²) in [6.07, 6.45) is 3.35. The smallest absolute Gasteiger partial charge is 0.335 e. The molecule has 0 saturated carbocycles. The van der Waals surface area contributed by atoms with Gasteiger partial charge in [0, 0.05) is 11.8 Å². The van der Waals surface area contributed by atoms with Gasteiger partial charge in [0.25, 0.3) is 0 Å². The summed E-state index contributed by atoms with van der Waals surface area (Å²) >= 11 is 12.0. The molecular weight excluding hydrogens is 462 g/mol. The third-order valence-electron chi connectivity index (χ3n) is 5.50. The van der Waals surface area contributed by atoms with E-state index in [0.717, 1.165) is 11.5 Å². The van der Waals surface area contributed by atoms with Crippen molar-refractivity contribution in [1.29, 1.82) is 0 Å². The SMILES string of the molecule is O=C(O)c1ccc(Cl)c(-c2ccc(C3C(c4ccccn4)NC(=S)N3Cc3ccco3)o2)c1. The second-order valence-corrected chi connectivity index (χ2v) is 8.33. The van der Waals surface area contributed by atoms with E-state index in [2.05, 4.69) is 10.3 Å². The topological polar surface area (TPSA) is 91.7 Å². The Bertz CT molecular complexity index is 1310. The number of pyridine rings is 1. The molecular formula is C24H18ClN3O4S. The number of nitrogens with one attached hydrogen (secondary N) is 1. The van der Waals surface area contributed by atoms with Crippen LogP contribution in [-0.4, -0.2) is 26.1 Å². The zero-order chi connectivity index (χ0) is 22.9. The summed E-state index contributed by atoms with van der Waals surface area (Å²) in [6, 6.07) is 17.0. The molecule has 0 bridgehead atoms. The zero-order valence-electron chi connectivity index (χ0n) is 17.1. The molecule has 4 aromatic rings. The van der Waals surface area contributed by atoms with E-state index in [1.807, 2.05) is 41.3 Å². The first-order valence-corrected chi connectivity index (χ1v) is 10.9. The number of carboxylic acids is 1. The number of furan rings is 2. The molecule has 1 fully saturated rings. The third-order valence-corrected chi connectivity index (χ3v) is 6.18. The Morgan fingerprint density at radius 1 is 1.18 bits per heavy atom. The van der Waals surface area contributed by atoms with Gasteiger partial charge in [-0.3, -0.25) is 4.98 Å². The Labute approximate surface area is 199 Å². The van der Waals surface area contributed by atoms with Crippen LogP contribution in [0, 0.1) is 0 Å². The number of hydrogen-bond donors (Lipinski definition) is 2. The molecule has 1 aliphatic rings. The van der Waals surface area contributed by atoms with Gasteiger partial charge in [-0.25, -0.2) is 4.79 Å². The minimum atomic E-state index is -1.04. The van der Waals surface area contributed by atoms with E-state index in [1.165, 1.54) is 12.1 Å². The number of thiocarbonyl (C=S) groups is 1. The fourth-order valence-corrected chi connectivity index (χ4v) is 4.47. The molecule has 2 unspecified atom stereocenters. The highest BCUT2D eigenvalue weighted by Crippen LogP contribution is 2.42. The van der Waals surface area contributed by atoms with Crippen LogP contribution in [0.25, 0.3) is 11.3 Å². The van der Waals surface area contributed by atoms with Crippen molar-refractivity contribution in [2.45, 2.75) is 18.6 Å². The molecule has 2 atom stereocenters. The van der Waals surface area contributed by atoms with E-state index in [-0.39, 0.29) is 17.6 Å². The van der Waals surface area contributed by atoms with E-state index < -0.39 is 5.97 Å². The van der Waals surface area contributed by atoms with Gasteiger partial charge in [0.05, 0.1) is 35.1 Å². The maximum absolute atomic E-state index is 11.4. The maximum atomic E-state index is 11.4. The normalized spacial score (nSPS) is 17.8. The number of carboxylic acid groups (broad SMARTS) is 1. The fraction of sp³-hybridized carbons (Fsp3) is 0.125.